The molecule has 1 amide bonds. The standard InChI is InChI=1S/C14H20N2O4/c1-9(2)6-12(14(18)19)16-13(17)7-10-4-5-11(20-3)8-15-10/h4-5,8-9,12H,6-7H2,1-3H3,(H,16,17)(H,18,19)/t12-/m0/s1. The highest BCUT2D eigenvalue weighted by atomic mass is 16.5. The number of nitrogens with one attached hydrogen (secondary N) is 1. The Labute approximate surface area is 118 Å². The highest BCUT2D eigenvalue weighted by Crippen LogP contribution is 2.09. The van der Waals surface area contributed by atoms with Crippen molar-refractivity contribution in [2.45, 2.75) is 32.7 Å². The lowest BCUT2D eigenvalue weighted by Crippen LogP contribution is -2.42. The molecule has 0 radical (unpaired) electrons. The van der Waals surface area contributed by atoms with E-state index in [1.807, 2.05) is 13.8 Å². The molecule has 0 aromatic carbocycles. The summed E-state index contributed by atoms with van der Waals surface area (Å²) < 4.78 is 4.97. The van der Waals surface area contributed by atoms with Crippen molar-refractivity contribution >= 4 is 11.9 Å². The summed E-state index contributed by atoms with van der Waals surface area (Å²) in [5.41, 5.74) is 0.567. The normalized spacial score (nSPS) is 12.0. The number of pyridine rings is 1. The number of carboxylic acids is 1. The molecule has 110 valence electrons. The summed E-state index contributed by atoms with van der Waals surface area (Å²) in [6.07, 6.45) is 1.97. The second kappa shape index (κ2) is 7.47. The van der Waals surface area contributed by atoms with Crippen LogP contribution < -0.4 is 10.1 Å². The number of hydrogen-bond donors (Lipinski definition) is 2. The molecular formula is C14H20N2O4. The van der Waals surface area contributed by atoms with Crippen LogP contribution >= 0.6 is 0 Å². The first-order valence-corrected chi connectivity index (χ1v) is 6.43. The molecule has 1 aromatic rings. The second-order valence-electron chi connectivity index (χ2n) is 4.95. The van der Waals surface area contributed by atoms with Gasteiger partial charge < -0.3 is 15.2 Å². The van der Waals surface area contributed by atoms with Gasteiger partial charge in [0.2, 0.25) is 5.91 Å². The van der Waals surface area contributed by atoms with Crippen LogP contribution in [0, 0.1) is 5.92 Å². The summed E-state index contributed by atoms with van der Waals surface area (Å²) in [6.45, 7) is 3.82. The molecule has 0 saturated heterocycles. The fourth-order valence-corrected chi connectivity index (χ4v) is 1.74. The Bertz CT molecular complexity index is 457. The average Bonchev–Trinajstić information content (AvgIpc) is 2.38. The molecule has 0 fully saturated rings. The minimum absolute atomic E-state index is 0.0475. The van der Waals surface area contributed by atoms with Gasteiger partial charge in [0.05, 0.1) is 19.7 Å². The summed E-state index contributed by atoms with van der Waals surface area (Å²) in [7, 11) is 1.53. The Balaban J connectivity index is 2.58. The molecule has 6 nitrogen and oxygen atoms in total. The van der Waals surface area contributed by atoms with Gasteiger partial charge in [-0.05, 0) is 24.5 Å². The van der Waals surface area contributed by atoms with Crippen molar-refractivity contribution in [3.8, 4) is 5.75 Å². The van der Waals surface area contributed by atoms with Gasteiger partial charge in [-0.1, -0.05) is 13.8 Å². The van der Waals surface area contributed by atoms with E-state index in [9.17, 15) is 9.59 Å². The van der Waals surface area contributed by atoms with Crippen molar-refractivity contribution in [2.24, 2.45) is 5.92 Å². The average molecular weight is 280 g/mol. The number of methoxy groups -OCH3 is 1. The van der Waals surface area contributed by atoms with Crippen LogP contribution in [-0.4, -0.2) is 35.1 Å². The molecule has 1 rings (SSSR count). The van der Waals surface area contributed by atoms with Crippen LogP contribution in [0.25, 0.3) is 0 Å². The Morgan fingerprint density at radius 1 is 1.40 bits per heavy atom. The SMILES string of the molecule is COc1ccc(CC(=O)N[C@@H](CC(C)C)C(=O)O)nc1. The lowest BCUT2D eigenvalue weighted by atomic mass is 10.0. The number of ether oxygens (including phenoxy) is 1. The number of amides is 1. The molecule has 2 N–H and O–H groups in total. The summed E-state index contributed by atoms with van der Waals surface area (Å²) >= 11 is 0. The third-order valence-electron chi connectivity index (χ3n) is 2.72. The fourth-order valence-electron chi connectivity index (χ4n) is 1.74. The fraction of sp³-hybridized carbons (Fsp3) is 0.500. The van der Waals surface area contributed by atoms with E-state index in [-0.39, 0.29) is 18.2 Å². The van der Waals surface area contributed by atoms with Gasteiger partial charge in [0.1, 0.15) is 11.8 Å². The molecule has 0 aliphatic heterocycles. The lowest BCUT2D eigenvalue weighted by Gasteiger charge is -2.16. The monoisotopic (exact) mass is 280 g/mol. The van der Waals surface area contributed by atoms with Crippen molar-refractivity contribution in [2.75, 3.05) is 7.11 Å². The van der Waals surface area contributed by atoms with E-state index < -0.39 is 12.0 Å². The Kier molecular flexibility index (Phi) is 5.96. The number of aliphatic carboxylic acids is 1. The number of carbonyl (C=O) groups is 2. The number of carboxylic acid groups (broad SMARTS) is 1. The maximum absolute atomic E-state index is 11.8. The van der Waals surface area contributed by atoms with Gasteiger partial charge in [-0.2, -0.15) is 0 Å². The number of carbonyl (C=O) groups excluding carboxylic acids is 1. The minimum Gasteiger partial charge on any atom is -0.495 e. The van der Waals surface area contributed by atoms with E-state index in [1.165, 1.54) is 13.3 Å². The summed E-state index contributed by atoms with van der Waals surface area (Å²) in [4.78, 5) is 26.9. The highest BCUT2D eigenvalue weighted by Gasteiger charge is 2.21. The molecular weight excluding hydrogens is 260 g/mol. The minimum atomic E-state index is -1.02. The van der Waals surface area contributed by atoms with E-state index in [0.717, 1.165) is 0 Å². The summed E-state index contributed by atoms with van der Waals surface area (Å²) in [5.74, 6) is -0.571. The first-order chi connectivity index (χ1) is 9.42. The van der Waals surface area contributed by atoms with Crippen molar-refractivity contribution in [1.29, 1.82) is 0 Å². The summed E-state index contributed by atoms with van der Waals surface area (Å²) in [5, 5.41) is 11.6. The highest BCUT2D eigenvalue weighted by molar-refractivity contribution is 5.84. The smallest absolute Gasteiger partial charge is 0.326 e. The van der Waals surface area contributed by atoms with Crippen LogP contribution in [0.5, 0.6) is 5.75 Å². The van der Waals surface area contributed by atoms with Gasteiger partial charge in [-0.15, -0.1) is 0 Å². The van der Waals surface area contributed by atoms with Crippen molar-refractivity contribution < 1.29 is 19.4 Å². The number of rotatable bonds is 7. The van der Waals surface area contributed by atoms with E-state index in [1.54, 1.807) is 12.1 Å². The quantitative estimate of drug-likeness (QED) is 0.784. The van der Waals surface area contributed by atoms with Crippen LogP contribution in [-0.2, 0) is 16.0 Å². The Morgan fingerprint density at radius 2 is 2.10 bits per heavy atom. The first-order valence-electron chi connectivity index (χ1n) is 6.43. The third-order valence-corrected chi connectivity index (χ3v) is 2.72. The van der Waals surface area contributed by atoms with Gasteiger partial charge >= 0.3 is 5.97 Å². The van der Waals surface area contributed by atoms with E-state index >= 15 is 0 Å². The van der Waals surface area contributed by atoms with Crippen LogP contribution in [0.3, 0.4) is 0 Å². The van der Waals surface area contributed by atoms with Crippen molar-refractivity contribution in [1.82, 2.24) is 10.3 Å². The third kappa shape index (κ3) is 5.26. The topological polar surface area (TPSA) is 88.5 Å². The lowest BCUT2D eigenvalue weighted by molar-refractivity contribution is -0.142. The molecule has 0 aliphatic rings. The largest absolute Gasteiger partial charge is 0.495 e. The Morgan fingerprint density at radius 3 is 2.55 bits per heavy atom. The van der Waals surface area contributed by atoms with Crippen LogP contribution in [0.4, 0.5) is 0 Å². The van der Waals surface area contributed by atoms with Crippen LogP contribution in [0.15, 0.2) is 18.3 Å². The predicted molar refractivity (Wildman–Crippen MR) is 73.5 cm³/mol. The molecule has 0 unspecified atom stereocenters. The summed E-state index contributed by atoms with van der Waals surface area (Å²) in [6, 6.07) is 2.52. The number of aromatic nitrogens is 1. The van der Waals surface area contributed by atoms with Gasteiger partial charge in [0.25, 0.3) is 0 Å². The molecule has 1 aromatic heterocycles. The molecule has 6 heteroatoms. The molecule has 0 saturated carbocycles. The number of nitrogens with zero attached hydrogens (tertiary/aromatic N) is 1. The zero-order valence-corrected chi connectivity index (χ0v) is 11.9. The molecule has 20 heavy (non-hydrogen) atoms. The van der Waals surface area contributed by atoms with E-state index in [4.69, 9.17) is 9.84 Å². The van der Waals surface area contributed by atoms with E-state index in [2.05, 4.69) is 10.3 Å². The second-order valence-corrected chi connectivity index (χ2v) is 4.95. The molecule has 1 atom stereocenters. The van der Waals surface area contributed by atoms with Crippen molar-refractivity contribution in [3.63, 3.8) is 0 Å². The van der Waals surface area contributed by atoms with Gasteiger partial charge in [-0.25, -0.2) is 4.79 Å². The molecule has 0 spiro atoms. The predicted octanol–water partition coefficient (Wildman–Crippen LogP) is 1.25. The molecule has 0 aliphatic carbocycles. The van der Waals surface area contributed by atoms with E-state index in [0.29, 0.717) is 17.9 Å². The van der Waals surface area contributed by atoms with Gasteiger partial charge in [-0.3, -0.25) is 9.78 Å². The van der Waals surface area contributed by atoms with Crippen molar-refractivity contribution in [3.05, 3.63) is 24.0 Å². The zero-order chi connectivity index (χ0) is 15.1. The van der Waals surface area contributed by atoms with Gasteiger partial charge in [0.15, 0.2) is 0 Å². The van der Waals surface area contributed by atoms with Crippen LogP contribution in [0.2, 0.25) is 0 Å². The molecule has 1 heterocycles. The molecule has 0 bridgehead atoms. The zero-order valence-electron chi connectivity index (χ0n) is 11.9. The Hall–Kier alpha value is -2.11. The van der Waals surface area contributed by atoms with Gasteiger partial charge in [0, 0.05) is 5.69 Å². The maximum atomic E-state index is 11.8. The number of hydrogen-bond acceptors (Lipinski definition) is 4. The van der Waals surface area contributed by atoms with Crippen LogP contribution in [0.1, 0.15) is 26.0 Å². The maximum Gasteiger partial charge on any atom is 0.326 e. The first kappa shape index (κ1) is 15.9.